The van der Waals surface area contributed by atoms with Gasteiger partial charge < -0.3 is 9.88 Å². The molecule has 0 spiro atoms. The maximum atomic E-state index is 12.5. The van der Waals surface area contributed by atoms with Gasteiger partial charge in [-0.1, -0.05) is 31.5 Å². The lowest BCUT2D eigenvalue weighted by atomic mass is 10.1. The molecule has 0 saturated heterocycles. The van der Waals surface area contributed by atoms with E-state index in [1.165, 1.54) is 10.6 Å². The van der Waals surface area contributed by atoms with E-state index in [1.807, 2.05) is 12.2 Å². The summed E-state index contributed by atoms with van der Waals surface area (Å²) in [6.07, 6.45) is -3.05. The average Bonchev–Trinajstić information content (AvgIpc) is 2.51. The summed E-state index contributed by atoms with van der Waals surface area (Å²) in [5.41, 5.74) is -0.417. The minimum atomic E-state index is -4.50. The third-order valence-corrected chi connectivity index (χ3v) is 3.44. The number of carbonyl (C=O) groups excluding carboxylic acids is 1. The molecule has 1 aromatic heterocycles. The Labute approximate surface area is 130 Å². The van der Waals surface area contributed by atoms with Crippen LogP contribution < -0.4 is 10.9 Å². The van der Waals surface area contributed by atoms with Gasteiger partial charge in [0.15, 0.2) is 0 Å². The summed E-state index contributed by atoms with van der Waals surface area (Å²) in [5.74, 6) is -0.902. The topological polar surface area (TPSA) is 51.1 Å². The molecule has 0 aliphatic rings. The highest BCUT2D eigenvalue weighted by molar-refractivity contribution is 5.96. The molecule has 124 valence electrons. The predicted molar refractivity (Wildman–Crippen MR) is 81.5 cm³/mol. The number of carbonyl (C=O) groups is 1. The third-order valence-electron chi connectivity index (χ3n) is 3.44. The molecule has 2 rings (SSSR count). The number of nitrogens with one attached hydrogen (secondary N) is 1. The number of hydrogen-bond acceptors (Lipinski definition) is 2. The van der Waals surface area contributed by atoms with Crippen LogP contribution in [-0.2, 0) is 6.54 Å². The van der Waals surface area contributed by atoms with Crippen molar-refractivity contribution in [2.45, 2.75) is 32.5 Å². The SMILES string of the molecule is CCCCn1c(C(=O)NCC(F)(F)F)cc2ccccc2c1=O. The minimum Gasteiger partial charge on any atom is -0.342 e. The van der Waals surface area contributed by atoms with Crippen LogP contribution in [0.1, 0.15) is 30.3 Å². The number of halogens is 3. The van der Waals surface area contributed by atoms with Crippen molar-refractivity contribution in [1.29, 1.82) is 0 Å². The zero-order valence-corrected chi connectivity index (χ0v) is 12.6. The van der Waals surface area contributed by atoms with Crippen LogP contribution in [0, 0.1) is 0 Å². The Morgan fingerprint density at radius 1 is 1.26 bits per heavy atom. The Hall–Kier alpha value is -2.31. The van der Waals surface area contributed by atoms with Crippen molar-refractivity contribution in [3.8, 4) is 0 Å². The fraction of sp³-hybridized carbons (Fsp3) is 0.375. The van der Waals surface area contributed by atoms with Gasteiger partial charge in [0.1, 0.15) is 12.2 Å². The lowest BCUT2D eigenvalue weighted by Gasteiger charge is -2.15. The molecule has 1 N–H and O–H groups in total. The maximum Gasteiger partial charge on any atom is 0.405 e. The van der Waals surface area contributed by atoms with Gasteiger partial charge in [0, 0.05) is 11.9 Å². The largest absolute Gasteiger partial charge is 0.405 e. The molecule has 0 fully saturated rings. The molecule has 0 bridgehead atoms. The Balaban J connectivity index is 2.47. The number of fused-ring (bicyclic) bond motifs is 1. The average molecular weight is 326 g/mol. The van der Waals surface area contributed by atoms with Crippen LogP contribution in [0.25, 0.3) is 10.8 Å². The molecule has 0 aliphatic carbocycles. The summed E-state index contributed by atoms with van der Waals surface area (Å²) in [6, 6.07) is 8.16. The van der Waals surface area contributed by atoms with Gasteiger partial charge in [0.25, 0.3) is 11.5 Å². The smallest absolute Gasteiger partial charge is 0.342 e. The summed E-state index contributed by atoms with van der Waals surface area (Å²) in [7, 11) is 0. The highest BCUT2D eigenvalue weighted by Crippen LogP contribution is 2.15. The Morgan fingerprint density at radius 2 is 1.96 bits per heavy atom. The van der Waals surface area contributed by atoms with Crippen LogP contribution in [0.4, 0.5) is 13.2 Å². The standard InChI is InChI=1S/C16H17F3N2O2/c1-2-3-8-21-13(14(22)20-10-16(17,18)19)9-11-6-4-5-7-12(11)15(21)23/h4-7,9H,2-3,8,10H2,1H3,(H,20,22). The van der Waals surface area contributed by atoms with Crippen LogP contribution >= 0.6 is 0 Å². The monoisotopic (exact) mass is 326 g/mol. The first-order chi connectivity index (χ1) is 10.8. The Morgan fingerprint density at radius 3 is 2.61 bits per heavy atom. The van der Waals surface area contributed by atoms with Crippen molar-refractivity contribution in [2.75, 3.05) is 6.54 Å². The van der Waals surface area contributed by atoms with Gasteiger partial charge >= 0.3 is 6.18 Å². The second-order valence-corrected chi connectivity index (χ2v) is 5.23. The van der Waals surface area contributed by atoms with Crippen molar-refractivity contribution in [1.82, 2.24) is 9.88 Å². The molecule has 0 atom stereocenters. The van der Waals surface area contributed by atoms with Gasteiger partial charge in [-0.15, -0.1) is 0 Å². The summed E-state index contributed by atoms with van der Waals surface area (Å²) in [4.78, 5) is 24.6. The number of amides is 1. The Kier molecular flexibility index (Phi) is 5.08. The van der Waals surface area contributed by atoms with Crippen molar-refractivity contribution in [2.24, 2.45) is 0 Å². The summed E-state index contributed by atoms with van der Waals surface area (Å²) in [5, 5.41) is 2.79. The number of alkyl halides is 3. The zero-order chi connectivity index (χ0) is 17.0. The van der Waals surface area contributed by atoms with Crippen molar-refractivity contribution in [3.63, 3.8) is 0 Å². The van der Waals surface area contributed by atoms with Crippen LogP contribution in [-0.4, -0.2) is 23.2 Å². The first-order valence-corrected chi connectivity index (χ1v) is 7.31. The minimum absolute atomic E-state index is 0.0496. The molecule has 1 amide bonds. The molecule has 2 aromatic rings. The number of aromatic nitrogens is 1. The van der Waals surface area contributed by atoms with Crippen molar-refractivity contribution in [3.05, 3.63) is 46.4 Å². The number of unbranched alkanes of at least 4 members (excludes halogenated alkanes) is 1. The van der Waals surface area contributed by atoms with Crippen LogP contribution in [0.15, 0.2) is 35.1 Å². The zero-order valence-electron chi connectivity index (χ0n) is 12.6. The van der Waals surface area contributed by atoms with E-state index in [0.717, 1.165) is 6.42 Å². The van der Waals surface area contributed by atoms with Crippen molar-refractivity contribution < 1.29 is 18.0 Å². The molecular formula is C16H17F3N2O2. The fourth-order valence-corrected chi connectivity index (χ4v) is 2.30. The van der Waals surface area contributed by atoms with E-state index >= 15 is 0 Å². The number of pyridine rings is 1. The van der Waals surface area contributed by atoms with E-state index in [9.17, 15) is 22.8 Å². The fourth-order valence-electron chi connectivity index (χ4n) is 2.30. The maximum absolute atomic E-state index is 12.5. The van der Waals surface area contributed by atoms with Gasteiger partial charge in [0.2, 0.25) is 0 Å². The van der Waals surface area contributed by atoms with E-state index in [4.69, 9.17) is 0 Å². The number of nitrogens with zero attached hydrogens (tertiary/aromatic N) is 1. The van der Waals surface area contributed by atoms with Gasteiger partial charge in [-0.25, -0.2) is 0 Å². The van der Waals surface area contributed by atoms with Crippen LogP contribution in [0.3, 0.4) is 0 Å². The molecule has 1 aromatic carbocycles. The predicted octanol–water partition coefficient (Wildman–Crippen LogP) is 3.09. The first kappa shape index (κ1) is 17.1. The lowest BCUT2D eigenvalue weighted by molar-refractivity contribution is -0.123. The van der Waals surface area contributed by atoms with E-state index in [0.29, 0.717) is 17.2 Å². The molecular weight excluding hydrogens is 309 g/mol. The normalized spacial score (nSPS) is 11.7. The molecule has 7 heteroatoms. The van der Waals surface area contributed by atoms with Gasteiger partial charge in [-0.05, 0) is 23.9 Å². The molecule has 0 aliphatic heterocycles. The van der Waals surface area contributed by atoms with Gasteiger partial charge in [-0.2, -0.15) is 13.2 Å². The second kappa shape index (κ2) is 6.85. The second-order valence-electron chi connectivity index (χ2n) is 5.23. The molecule has 0 unspecified atom stereocenters. The molecule has 0 saturated carbocycles. The van der Waals surface area contributed by atoms with Crippen LogP contribution in [0.2, 0.25) is 0 Å². The highest BCUT2D eigenvalue weighted by atomic mass is 19.4. The van der Waals surface area contributed by atoms with Gasteiger partial charge in [-0.3, -0.25) is 9.59 Å². The molecule has 0 radical (unpaired) electrons. The van der Waals surface area contributed by atoms with E-state index in [1.54, 1.807) is 24.3 Å². The third kappa shape index (κ3) is 4.12. The lowest BCUT2D eigenvalue weighted by Crippen LogP contribution is -2.37. The van der Waals surface area contributed by atoms with E-state index in [2.05, 4.69) is 0 Å². The first-order valence-electron chi connectivity index (χ1n) is 7.31. The Bertz CT molecular complexity index is 766. The highest BCUT2D eigenvalue weighted by Gasteiger charge is 2.28. The number of hydrogen-bond donors (Lipinski definition) is 1. The summed E-state index contributed by atoms with van der Waals surface area (Å²) in [6.45, 7) is 0.783. The summed E-state index contributed by atoms with van der Waals surface area (Å²) >= 11 is 0. The van der Waals surface area contributed by atoms with E-state index in [-0.39, 0.29) is 17.8 Å². The van der Waals surface area contributed by atoms with Gasteiger partial charge in [0.05, 0.1) is 0 Å². The van der Waals surface area contributed by atoms with Crippen LogP contribution in [0.5, 0.6) is 0 Å². The molecule has 4 nitrogen and oxygen atoms in total. The van der Waals surface area contributed by atoms with E-state index < -0.39 is 18.6 Å². The molecule has 23 heavy (non-hydrogen) atoms. The number of benzene rings is 1. The number of rotatable bonds is 5. The van der Waals surface area contributed by atoms with Crippen molar-refractivity contribution >= 4 is 16.7 Å². The quantitative estimate of drug-likeness (QED) is 0.918. The molecule has 1 heterocycles. The summed E-state index contributed by atoms with van der Waals surface area (Å²) < 4.78 is 38.1.